The summed E-state index contributed by atoms with van der Waals surface area (Å²) in [7, 11) is 0. The van der Waals surface area contributed by atoms with Gasteiger partial charge in [0.2, 0.25) is 5.91 Å². The van der Waals surface area contributed by atoms with Crippen LogP contribution in [0, 0.1) is 5.92 Å². The zero-order valence-electron chi connectivity index (χ0n) is 10.6. The molecule has 1 aliphatic carbocycles. The van der Waals surface area contributed by atoms with E-state index < -0.39 is 0 Å². The first-order chi connectivity index (χ1) is 8.79. The van der Waals surface area contributed by atoms with Gasteiger partial charge in [0, 0.05) is 24.9 Å². The van der Waals surface area contributed by atoms with Crippen LogP contribution >= 0.6 is 0 Å². The first-order valence-corrected chi connectivity index (χ1v) is 6.76. The lowest BCUT2D eigenvalue weighted by atomic mass is 10.1. The summed E-state index contributed by atoms with van der Waals surface area (Å²) in [6.07, 6.45) is 9.18. The van der Waals surface area contributed by atoms with Crippen LogP contribution in [0.25, 0.3) is 0 Å². The van der Waals surface area contributed by atoms with E-state index in [0.29, 0.717) is 12.5 Å². The second-order valence-corrected chi connectivity index (χ2v) is 5.28. The quantitative estimate of drug-likeness (QED) is 0.767. The maximum atomic E-state index is 12.0. The maximum absolute atomic E-state index is 12.0. The van der Waals surface area contributed by atoms with Crippen LogP contribution in [0.5, 0.6) is 0 Å². The lowest BCUT2D eigenvalue weighted by Crippen LogP contribution is -2.28. The fourth-order valence-corrected chi connectivity index (χ4v) is 3.07. The minimum absolute atomic E-state index is 0.194. The van der Waals surface area contributed by atoms with E-state index in [2.05, 4.69) is 16.4 Å². The molecule has 1 aromatic rings. The number of hydrogen-bond donors (Lipinski definition) is 0. The molecule has 1 saturated heterocycles. The molecule has 1 aliphatic heterocycles. The standard InChI is InChI=1S/C14H19N3O/c1-2-11-9-14(18)16(10-11)13-7-8-15-17(13)12-5-3-4-6-12/h2,7-8,11-12H,1,3-6,9-10H2. The molecule has 1 atom stereocenters. The van der Waals surface area contributed by atoms with E-state index in [9.17, 15) is 4.79 Å². The molecule has 2 aliphatic rings. The Balaban J connectivity index is 1.86. The number of carbonyl (C=O) groups is 1. The third-order valence-electron chi connectivity index (χ3n) is 4.08. The number of rotatable bonds is 3. The van der Waals surface area contributed by atoms with Crippen LogP contribution in [-0.4, -0.2) is 22.2 Å². The van der Waals surface area contributed by atoms with E-state index in [1.54, 1.807) is 0 Å². The summed E-state index contributed by atoms with van der Waals surface area (Å²) in [6.45, 7) is 4.54. The summed E-state index contributed by atoms with van der Waals surface area (Å²) < 4.78 is 2.05. The predicted molar refractivity (Wildman–Crippen MR) is 70.4 cm³/mol. The van der Waals surface area contributed by atoms with E-state index in [1.165, 1.54) is 25.7 Å². The third kappa shape index (κ3) is 1.85. The summed E-state index contributed by atoms with van der Waals surface area (Å²) in [5, 5.41) is 4.43. The van der Waals surface area contributed by atoms with Gasteiger partial charge in [-0.05, 0) is 12.8 Å². The monoisotopic (exact) mass is 245 g/mol. The van der Waals surface area contributed by atoms with Crippen LogP contribution in [-0.2, 0) is 4.79 Å². The van der Waals surface area contributed by atoms with Gasteiger partial charge in [0.25, 0.3) is 0 Å². The molecule has 1 aromatic heterocycles. The molecule has 0 bridgehead atoms. The number of nitrogens with zero attached hydrogens (tertiary/aromatic N) is 3. The van der Waals surface area contributed by atoms with Gasteiger partial charge in [-0.2, -0.15) is 5.10 Å². The highest BCUT2D eigenvalue weighted by Crippen LogP contribution is 2.34. The maximum Gasteiger partial charge on any atom is 0.228 e. The average Bonchev–Trinajstić information content (AvgIpc) is 3.07. The van der Waals surface area contributed by atoms with Gasteiger partial charge in [0.15, 0.2) is 0 Å². The first-order valence-electron chi connectivity index (χ1n) is 6.76. The summed E-state index contributed by atoms with van der Waals surface area (Å²) >= 11 is 0. The molecular formula is C14H19N3O. The van der Waals surface area contributed by atoms with E-state index in [4.69, 9.17) is 0 Å². The molecule has 18 heavy (non-hydrogen) atoms. The van der Waals surface area contributed by atoms with Crippen LogP contribution in [0.15, 0.2) is 24.9 Å². The topological polar surface area (TPSA) is 38.1 Å². The highest BCUT2D eigenvalue weighted by Gasteiger charge is 2.32. The molecule has 1 amide bonds. The molecular weight excluding hydrogens is 226 g/mol. The van der Waals surface area contributed by atoms with E-state index in [-0.39, 0.29) is 11.8 Å². The van der Waals surface area contributed by atoms with Gasteiger partial charge in [-0.15, -0.1) is 6.58 Å². The number of amides is 1. The Morgan fingerprint density at radius 3 is 2.83 bits per heavy atom. The third-order valence-corrected chi connectivity index (χ3v) is 4.08. The number of anilines is 1. The van der Waals surface area contributed by atoms with E-state index >= 15 is 0 Å². The minimum atomic E-state index is 0.194. The Kier molecular flexibility index (Phi) is 2.94. The molecule has 3 rings (SSSR count). The van der Waals surface area contributed by atoms with Crippen molar-refractivity contribution < 1.29 is 4.79 Å². The molecule has 2 fully saturated rings. The van der Waals surface area contributed by atoms with Crippen molar-refractivity contribution in [3.8, 4) is 0 Å². The normalized spacial score (nSPS) is 25.0. The lowest BCUT2D eigenvalue weighted by molar-refractivity contribution is -0.117. The van der Waals surface area contributed by atoms with Gasteiger partial charge in [-0.25, -0.2) is 4.68 Å². The number of aromatic nitrogens is 2. The molecule has 2 heterocycles. The Morgan fingerprint density at radius 1 is 1.39 bits per heavy atom. The summed E-state index contributed by atoms with van der Waals surface area (Å²) in [5.41, 5.74) is 0. The van der Waals surface area contributed by atoms with Gasteiger partial charge in [0.05, 0.1) is 12.2 Å². The van der Waals surface area contributed by atoms with E-state index in [1.807, 2.05) is 23.2 Å². The Hall–Kier alpha value is -1.58. The van der Waals surface area contributed by atoms with Gasteiger partial charge in [-0.1, -0.05) is 18.9 Å². The predicted octanol–water partition coefficient (Wildman–Crippen LogP) is 2.54. The highest BCUT2D eigenvalue weighted by molar-refractivity contribution is 5.95. The molecule has 0 aromatic carbocycles. The Morgan fingerprint density at radius 2 is 2.17 bits per heavy atom. The molecule has 0 spiro atoms. The molecule has 0 N–H and O–H groups in total. The molecule has 96 valence electrons. The summed E-state index contributed by atoms with van der Waals surface area (Å²) in [5.74, 6) is 1.44. The van der Waals surface area contributed by atoms with Gasteiger partial charge >= 0.3 is 0 Å². The van der Waals surface area contributed by atoms with E-state index in [0.717, 1.165) is 12.4 Å². The zero-order valence-corrected chi connectivity index (χ0v) is 10.6. The summed E-state index contributed by atoms with van der Waals surface area (Å²) in [6, 6.07) is 2.44. The van der Waals surface area contributed by atoms with Crippen molar-refractivity contribution in [3.63, 3.8) is 0 Å². The Bertz CT molecular complexity index is 459. The lowest BCUT2D eigenvalue weighted by Gasteiger charge is -2.21. The second kappa shape index (κ2) is 4.59. The van der Waals surface area contributed by atoms with Crippen LogP contribution in [0.4, 0.5) is 5.82 Å². The van der Waals surface area contributed by atoms with Crippen molar-refractivity contribution in [2.45, 2.75) is 38.1 Å². The Labute approximate surface area is 107 Å². The fraction of sp³-hybridized carbons (Fsp3) is 0.571. The number of carbonyl (C=O) groups excluding carboxylic acids is 1. The highest BCUT2D eigenvalue weighted by atomic mass is 16.2. The van der Waals surface area contributed by atoms with Crippen LogP contribution in [0.1, 0.15) is 38.1 Å². The van der Waals surface area contributed by atoms with Crippen molar-refractivity contribution >= 4 is 11.7 Å². The molecule has 0 radical (unpaired) electrons. The van der Waals surface area contributed by atoms with Gasteiger partial charge in [-0.3, -0.25) is 9.69 Å². The van der Waals surface area contributed by atoms with Crippen molar-refractivity contribution in [1.29, 1.82) is 0 Å². The molecule has 4 nitrogen and oxygen atoms in total. The van der Waals surface area contributed by atoms with Crippen LogP contribution in [0.2, 0.25) is 0 Å². The molecule has 1 unspecified atom stereocenters. The summed E-state index contributed by atoms with van der Waals surface area (Å²) in [4.78, 5) is 13.9. The largest absolute Gasteiger partial charge is 0.296 e. The fourth-order valence-electron chi connectivity index (χ4n) is 3.07. The smallest absolute Gasteiger partial charge is 0.228 e. The molecule has 1 saturated carbocycles. The van der Waals surface area contributed by atoms with Crippen LogP contribution in [0.3, 0.4) is 0 Å². The van der Waals surface area contributed by atoms with Gasteiger partial charge < -0.3 is 0 Å². The van der Waals surface area contributed by atoms with Crippen molar-refractivity contribution in [2.24, 2.45) is 5.92 Å². The van der Waals surface area contributed by atoms with Crippen molar-refractivity contribution in [2.75, 3.05) is 11.4 Å². The molecule has 4 heteroatoms. The van der Waals surface area contributed by atoms with Crippen molar-refractivity contribution in [3.05, 3.63) is 24.9 Å². The average molecular weight is 245 g/mol. The zero-order chi connectivity index (χ0) is 12.5. The minimum Gasteiger partial charge on any atom is -0.296 e. The van der Waals surface area contributed by atoms with Crippen LogP contribution < -0.4 is 4.90 Å². The van der Waals surface area contributed by atoms with Crippen molar-refractivity contribution in [1.82, 2.24) is 9.78 Å². The second-order valence-electron chi connectivity index (χ2n) is 5.28. The SMILES string of the molecule is C=CC1CC(=O)N(c2ccnn2C2CCCC2)C1. The van der Waals surface area contributed by atoms with Gasteiger partial charge in [0.1, 0.15) is 5.82 Å². The number of hydrogen-bond acceptors (Lipinski definition) is 2. The first kappa shape index (κ1) is 11.5.